The molecule has 0 fully saturated rings. The van der Waals surface area contributed by atoms with Crippen molar-refractivity contribution in [3.8, 4) is 0 Å². The molecular formula is C16H20N2. The molecule has 1 aromatic carbocycles. The van der Waals surface area contributed by atoms with Gasteiger partial charge in [0, 0.05) is 18.4 Å². The molecule has 0 radical (unpaired) electrons. The fourth-order valence-electron chi connectivity index (χ4n) is 2.13. The quantitative estimate of drug-likeness (QED) is 0.867. The maximum atomic E-state index is 4.18. The van der Waals surface area contributed by atoms with Crippen LogP contribution >= 0.6 is 0 Å². The Morgan fingerprint density at radius 2 is 1.94 bits per heavy atom. The van der Waals surface area contributed by atoms with Crippen LogP contribution in [0.15, 0.2) is 48.8 Å². The van der Waals surface area contributed by atoms with Crippen LogP contribution in [0, 0.1) is 6.92 Å². The maximum Gasteiger partial charge on any atom is 0.0336 e. The molecule has 0 saturated carbocycles. The second kappa shape index (κ2) is 6.31. The van der Waals surface area contributed by atoms with Crippen LogP contribution in [0.5, 0.6) is 0 Å². The highest BCUT2D eigenvalue weighted by Gasteiger charge is 2.08. The third-order valence-corrected chi connectivity index (χ3v) is 3.28. The highest BCUT2D eigenvalue weighted by molar-refractivity contribution is 5.22. The summed E-state index contributed by atoms with van der Waals surface area (Å²) >= 11 is 0. The second-order valence-corrected chi connectivity index (χ2v) is 4.65. The molecule has 0 spiro atoms. The number of aryl methyl sites for hydroxylation is 2. The minimum atomic E-state index is 0.375. The average Bonchev–Trinajstić information content (AvgIpc) is 2.43. The summed E-state index contributed by atoms with van der Waals surface area (Å²) in [5.41, 5.74) is 3.97. The standard InChI is InChI=1S/C16H20N2/c1-13-5-7-14(8-6-13)9-10-16(17-2)15-4-3-11-18-12-15/h3-8,11-12,16-17H,9-10H2,1-2H3. The Labute approximate surface area is 109 Å². The number of hydrogen-bond donors (Lipinski definition) is 1. The van der Waals surface area contributed by atoms with E-state index in [1.165, 1.54) is 16.7 Å². The van der Waals surface area contributed by atoms with Crippen molar-refractivity contribution >= 4 is 0 Å². The molecule has 1 atom stereocenters. The van der Waals surface area contributed by atoms with Crippen molar-refractivity contribution in [3.63, 3.8) is 0 Å². The van der Waals surface area contributed by atoms with Crippen LogP contribution in [-0.4, -0.2) is 12.0 Å². The number of benzene rings is 1. The number of pyridine rings is 1. The van der Waals surface area contributed by atoms with Crippen LogP contribution in [0.3, 0.4) is 0 Å². The Kier molecular flexibility index (Phi) is 4.48. The summed E-state index contributed by atoms with van der Waals surface area (Å²) in [6.07, 6.45) is 5.93. The second-order valence-electron chi connectivity index (χ2n) is 4.65. The van der Waals surface area contributed by atoms with Gasteiger partial charge in [-0.1, -0.05) is 35.9 Å². The van der Waals surface area contributed by atoms with Crippen LogP contribution < -0.4 is 5.32 Å². The SMILES string of the molecule is CNC(CCc1ccc(C)cc1)c1cccnc1. The highest BCUT2D eigenvalue weighted by Crippen LogP contribution is 2.18. The van der Waals surface area contributed by atoms with Gasteiger partial charge in [0.05, 0.1) is 0 Å². The third kappa shape index (κ3) is 3.41. The molecule has 2 heteroatoms. The molecule has 0 aliphatic carbocycles. The van der Waals surface area contributed by atoms with E-state index < -0.39 is 0 Å². The van der Waals surface area contributed by atoms with Crippen molar-refractivity contribution in [1.82, 2.24) is 10.3 Å². The Morgan fingerprint density at radius 3 is 2.56 bits per heavy atom. The number of rotatable bonds is 5. The zero-order valence-corrected chi connectivity index (χ0v) is 11.1. The van der Waals surface area contributed by atoms with Gasteiger partial charge in [0.1, 0.15) is 0 Å². The van der Waals surface area contributed by atoms with E-state index in [4.69, 9.17) is 0 Å². The van der Waals surface area contributed by atoms with Gasteiger partial charge in [-0.2, -0.15) is 0 Å². The molecule has 0 aliphatic rings. The first-order valence-corrected chi connectivity index (χ1v) is 6.42. The number of nitrogens with one attached hydrogen (secondary N) is 1. The summed E-state index contributed by atoms with van der Waals surface area (Å²) in [7, 11) is 2.01. The Balaban J connectivity index is 1.97. The lowest BCUT2D eigenvalue weighted by Crippen LogP contribution is -2.17. The molecule has 18 heavy (non-hydrogen) atoms. The molecule has 0 aliphatic heterocycles. The van der Waals surface area contributed by atoms with Gasteiger partial charge in [0.25, 0.3) is 0 Å². The van der Waals surface area contributed by atoms with Gasteiger partial charge in [0.15, 0.2) is 0 Å². The largest absolute Gasteiger partial charge is 0.313 e. The first-order chi connectivity index (χ1) is 8.79. The zero-order valence-electron chi connectivity index (χ0n) is 11.1. The number of nitrogens with zero attached hydrogens (tertiary/aromatic N) is 1. The van der Waals surface area contributed by atoms with Gasteiger partial charge in [0.2, 0.25) is 0 Å². The van der Waals surface area contributed by atoms with Gasteiger partial charge in [-0.05, 0) is 44.0 Å². The van der Waals surface area contributed by atoms with E-state index in [-0.39, 0.29) is 0 Å². The molecule has 2 rings (SSSR count). The van der Waals surface area contributed by atoms with Gasteiger partial charge in [-0.25, -0.2) is 0 Å². The van der Waals surface area contributed by atoms with Crippen molar-refractivity contribution in [2.24, 2.45) is 0 Å². The van der Waals surface area contributed by atoms with Crippen molar-refractivity contribution in [2.75, 3.05) is 7.05 Å². The fraction of sp³-hybridized carbons (Fsp3) is 0.312. The smallest absolute Gasteiger partial charge is 0.0336 e. The molecule has 1 unspecified atom stereocenters. The monoisotopic (exact) mass is 240 g/mol. The molecule has 2 nitrogen and oxygen atoms in total. The van der Waals surface area contributed by atoms with Gasteiger partial charge < -0.3 is 5.32 Å². The lowest BCUT2D eigenvalue weighted by Gasteiger charge is -2.16. The lowest BCUT2D eigenvalue weighted by molar-refractivity contribution is 0.547. The zero-order chi connectivity index (χ0) is 12.8. The normalized spacial score (nSPS) is 12.3. The summed E-state index contributed by atoms with van der Waals surface area (Å²) in [5, 5.41) is 3.36. The van der Waals surface area contributed by atoms with E-state index in [0.29, 0.717) is 6.04 Å². The Hall–Kier alpha value is -1.67. The minimum absolute atomic E-state index is 0.375. The summed E-state index contributed by atoms with van der Waals surface area (Å²) in [5.74, 6) is 0. The first kappa shape index (κ1) is 12.8. The molecule has 1 heterocycles. The Morgan fingerprint density at radius 1 is 1.17 bits per heavy atom. The van der Waals surface area contributed by atoms with Gasteiger partial charge in [-0.3, -0.25) is 4.98 Å². The van der Waals surface area contributed by atoms with Crippen LogP contribution in [0.4, 0.5) is 0 Å². The molecule has 1 N–H and O–H groups in total. The average molecular weight is 240 g/mol. The van der Waals surface area contributed by atoms with Crippen molar-refractivity contribution in [2.45, 2.75) is 25.8 Å². The lowest BCUT2D eigenvalue weighted by atomic mass is 10.00. The number of aromatic nitrogens is 1. The van der Waals surface area contributed by atoms with Crippen LogP contribution in [0.1, 0.15) is 29.2 Å². The van der Waals surface area contributed by atoms with E-state index in [1.54, 1.807) is 0 Å². The molecule has 0 amide bonds. The summed E-state index contributed by atoms with van der Waals surface area (Å²) in [4.78, 5) is 4.18. The molecule has 2 aromatic rings. The Bertz CT molecular complexity index is 462. The predicted molar refractivity (Wildman–Crippen MR) is 75.5 cm³/mol. The summed E-state index contributed by atoms with van der Waals surface area (Å²) < 4.78 is 0. The van der Waals surface area contributed by atoms with Gasteiger partial charge >= 0.3 is 0 Å². The van der Waals surface area contributed by atoms with E-state index >= 15 is 0 Å². The third-order valence-electron chi connectivity index (χ3n) is 3.28. The van der Waals surface area contributed by atoms with Crippen molar-refractivity contribution in [1.29, 1.82) is 0 Å². The molecule has 0 saturated heterocycles. The maximum absolute atomic E-state index is 4.18. The van der Waals surface area contributed by atoms with E-state index in [0.717, 1.165) is 12.8 Å². The molecule has 1 aromatic heterocycles. The molecule has 94 valence electrons. The van der Waals surface area contributed by atoms with Crippen LogP contribution in [-0.2, 0) is 6.42 Å². The van der Waals surface area contributed by atoms with E-state index in [1.807, 2.05) is 25.5 Å². The molecular weight excluding hydrogens is 220 g/mol. The van der Waals surface area contributed by atoms with Crippen molar-refractivity contribution < 1.29 is 0 Å². The van der Waals surface area contributed by atoms with Gasteiger partial charge in [-0.15, -0.1) is 0 Å². The predicted octanol–water partition coefficient (Wildman–Crippen LogP) is 3.28. The van der Waals surface area contributed by atoms with E-state index in [9.17, 15) is 0 Å². The summed E-state index contributed by atoms with van der Waals surface area (Å²) in [6, 6.07) is 13.3. The summed E-state index contributed by atoms with van der Waals surface area (Å²) in [6.45, 7) is 2.12. The highest BCUT2D eigenvalue weighted by atomic mass is 14.9. The van der Waals surface area contributed by atoms with Crippen molar-refractivity contribution in [3.05, 3.63) is 65.5 Å². The van der Waals surface area contributed by atoms with E-state index in [2.05, 4.69) is 47.6 Å². The fourth-order valence-corrected chi connectivity index (χ4v) is 2.13. The van der Waals surface area contributed by atoms with Crippen LogP contribution in [0.25, 0.3) is 0 Å². The first-order valence-electron chi connectivity index (χ1n) is 6.42. The molecule has 0 bridgehead atoms. The minimum Gasteiger partial charge on any atom is -0.313 e. The van der Waals surface area contributed by atoms with Crippen LogP contribution in [0.2, 0.25) is 0 Å². The topological polar surface area (TPSA) is 24.9 Å². The number of hydrogen-bond acceptors (Lipinski definition) is 2.